The molecule has 2 aromatic heterocycles. The van der Waals surface area contributed by atoms with Crippen LogP contribution in [0.1, 0.15) is 5.56 Å². The Kier molecular flexibility index (Phi) is 8.52. The Bertz CT molecular complexity index is 3110. The summed E-state index contributed by atoms with van der Waals surface area (Å²) in [4.78, 5) is 15.7. The third-order valence-corrected chi connectivity index (χ3v) is 12.4. The van der Waals surface area contributed by atoms with Crippen molar-refractivity contribution in [2.24, 2.45) is 4.99 Å². The lowest BCUT2D eigenvalue weighted by Crippen LogP contribution is -2.13. The first-order chi connectivity index (χ1) is 28.7. The maximum absolute atomic E-state index is 5.36. The normalized spacial score (nSPS) is 15.8. The van der Waals surface area contributed by atoms with Gasteiger partial charge in [0.25, 0.3) is 0 Å². The van der Waals surface area contributed by atoms with Gasteiger partial charge in [-0.25, -0.2) is 9.97 Å². The molecule has 274 valence electrons. The number of benzene rings is 7. The molecule has 0 saturated heterocycles. The zero-order valence-corrected chi connectivity index (χ0v) is 32.3. The van der Waals surface area contributed by atoms with Crippen LogP contribution >= 0.6 is 11.8 Å². The molecule has 3 heterocycles. The number of aromatic nitrogens is 3. The van der Waals surface area contributed by atoms with Crippen molar-refractivity contribution in [2.45, 2.75) is 11.3 Å². The Morgan fingerprint density at radius 1 is 0.448 bits per heavy atom. The van der Waals surface area contributed by atoms with Crippen LogP contribution in [0.25, 0.3) is 83.6 Å². The first kappa shape index (κ1) is 34.2. The summed E-state index contributed by atoms with van der Waals surface area (Å²) in [6, 6.07) is 64.8. The number of aliphatic imine (C=N–C) groups is 1. The molecule has 0 amide bonds. The Labute approximate surface area is 341 Å². The molecule has 0 bridgehead atoms. The van der Waals surface area contributed by atoms with Crippen LogP contribution in [0.3, 0.4) is 0 Å². The fourth-order valence-corrected chi connectivity index (χ4v) is 9.44. The minimum atomic E-state index is 0.223. The quantitative estimate of drug-likeness (QED) is 0.162. The molecule has 0 spiro atoms. The molecule has 1 aliphatic carbocycles. The molecule has 0 fully saturated rings. The summed E-state index contributed by atoms with van der Waals surface area (Å²) >= 11 is 1.85. The zero-order chi connectivity index (χ0) is 38.4. The van der Waals surface area contributed by atoms with E-state index in [0.717, 1.165) is 66.2 Å². The van der Waals surface area contributed by atoms with Crippen molar-refractivity contribution in [2.75, 3.05) is 0 Å². The lowest BCUT2D eigenvalue weighted by Gasteiger charge is -2.13. The van der Waals surface area contributed by atoms with E-state index >= 15 is 0 Å². The molecule has 7 aromatic carbocycles. The number of hydrogen-bond donors (Lipinski definition) is 0. The molecule has 2 aliphatic rings. The third-order valence-electron chi connectivity index (χ3n) is 11.1. The highest BCUT2D eigenvalue weighted by Gasteiger charge is 2.28. The summed E-state index contributed by atoms with van der Waals surface area (Å²) in [7, 11) is 0. The van der Waals surface area contributed by atoms with E-state index in [1.165, 1.54) is 22.3 Å². The van der Waals surface area contributed by atoms with Crippen LogP contribution in [-0.4, -0.2) is 30.9 Å². The lowest BCUT2D eigenvalue weighted by molar-refractivity contribution is 0.862. The third kappa shape index (κ3) is 6.17. The Morgan fingerprint density at radius 2 is 0.966 bits per heavy atom. The van der Waals surface area contributed by atoms with E-state index in [-0.39, 0.29) is 6.04 Å². The van der Waals surface area contributed by atoms with Gasteiger partial charge in [-0.05, 0) is 75.8 Å². The molecule has 1 aliphatic heterocycles. The van der Waals surface area contributed by atoms with Crippen molar-refractivity contribution in [1.29, 1.82) is 0 Å². The predicted molar refractivity (Wildman–Crippen MR) is 244 cm³/mol. The zero-order valence-electron chi connectivity index (χ0n) is 31.5. The van der Waals surface area contributed by atoms with Crippen LogP contribution in [-0.2, 0) is 0 Å². The van der Waals surface area contributed by atoms with Gasteiger partial charge in [-0.1, -0.05) is 176 Å². The lowest BCUT2D eigenvalue weighted by atomic mass is 9.95. The van der Waals surface area contributed by atoms with E-state index in [1.807, 2.05) is 17.8 Å². The second-order valence-electron chi connectivity index (χ2n) is 14.7. The van der Waals surface area contributed by atoms with E-state index in [9.17, 15) is 0 Å². The largest absolute Gasteiger partial charge is 0.306 e. The van der Waals surface area contributed by atoms with Crippen molar-refractivity contribution < 1.29 is 0 Å². The Balaban J connectivity index is 0.965. The van der Waals surface area contributed by atoms with E-state index in [1.54, 1.807) is 0 Å². The first-order valence-electron chi connectivity index (χ1n) is 19.7. The SMILES string of the molecule is C1=CC2N=C(c3cccc(-c4cccc(-c5cccc(-c6cccc(-c7nc(-c8ccccc8)c8c(n7)c7ccccc7n8-c7ccccc7)c6)c5)c4)c3)SC2C=C1. The van der Waals surface area contributed by atoms with Gasteiger partial charge in [0, 0.05) is 27.8 Å². The maximum Gasteiger partial charge on any atom is 0.160 e. The van der Waals surface area contributed by atoms with E-state index in [2.05, 4.69) is 205 Å². The van der Waals surface area contributed by atoms with Gasteiger partial charge >= 0.3 is 0 Å². The summed E-state index contributed by atoms with van der Waals surface area (Å²) in [5.41, 5.74) is 15.2. The van der Waals surface area contributed by atoms with Gasteiger partial charge in [0.15, 0.2) is 5.82 Å². The summed E-state index contributed by atoms with van der Waals surface area (Å²) in [6.45, 7) is 0. The molecule has 9 aromatic rings. The van der Waals surface area contributed by atoms with E-state index < -0.39 is 0 Å². The molecule has 2 atom stereocenters. The monoisotopic (exact) mass is 760 g/mol. The number of thioether (sulfide) groups is 1. The molecule has 0 radical (unpaired) electrons. The highest BCUT2D eigenvalue weighted by Crippen LogP contribution is 2.39. The fraction of sp³-hybridized carbons (Fsp3) is 0.0377. The smallest absolute Gasteiger partial charge is 0.160 e. The second kappa shape index (κ2) is 14.5. The molecule has 0 saturated carbocycles. The van der Waals surface area contributed by atoms with Crippen molar-refractivity contribution in [3.05, 3.63) is 212 Å². The number of fused-ring (bicyclic) bond motifs is 4. The molecule has 4 nitrogen and oxygen atoms in total. The van der Waals surface area contributed by atoms with Crippen molar-refractivity contribution in [1.82, 2.24) is 14.5 Å². The van der Waals surface area contributed by atoms with Crippen LogP contribution in [0, 0.1) is 0 Å². The van der Waals surface area contributed by atoms with Crippen LogP contribution in [0.4, 0.5) is 0 Å². The van der Waals surface area contributed by atoms with Crippen molar-refractivity contribution in [3.8, 4) is 61.7 Å². The van der Waals surface area contributed by atoms with Gasteiger partial charge < -0.3 is 4.57 Å². The van der Waals surface area contributed by atoms with E-state index in [0.29, 0.717) is 11.1 Å². The summed E-state index contributed by atoms with van der Waals surface area (Å²) < 4.78 is 2.30. The number of nitrogens with zero attached hydrogens (tertiary/aromatic N) is 4. The standard InChI is InChI=1S/C53H36N4S/c1-3-15-35(16-4-1)49-51-50(45-27-7-9-29-47(45)57(51)44-25-5-2-6-26-44)56-52(55-49)42-23-13-21-40(33-42)38-19-11-17-36(31-38)37-18-12-20-39(32-37)41-22-14-24-43(34-41)53-54-46-28-8-10-30-48(46)58-53/h1-34,46,48H. The van der Waals surface area contributed by atoms with E-state index in [4.69, 9.17) is 15.0 Å². The van der Waals surface area contributed by atoms with Crippen LogP contribution < -0.4 is 0 Å². The van der Waals surface area contributed by atoms with Gasteiger partial charge in [-0.3, -0.25) is 4.99 Å². The summed E-state index contributed by atoms with van der Waals surface area (Å²) in [5.74, 6) is 0.698. The minimum Gasteiger partial charge on any atom is -0.306 e. The predicted octanol–water partition coefficient (Wildman–Crippen LogP) is 13.3. The number of rotatable bonds is 7. The molecule has 5 heteroatoms. The average molecular weight is 761 g/mol. The first-order valence-corrected chi connectivity index (χ1v) is 20.6. The van der Waals surface area contributed by atoms with Crippen LogP contribution in [0.5, 0.6) is 0 Å². The number of allylic oxidation sites excluding steroid dienone is 2. The number of para-hydroxylation sites is 2. The van der Waals surface area contributed by atoms with Crippen LogP contribution in [0.2, 0.25) is 0 Å². The Morgan fingerprint density at radius 3 is 1.62 bits per heavy atom. The molecule has 58 heavy (non-hydrogen) atoms. The van der Waals surface area contributed by atoms with Gasteiger partial charge in [-0.15, -0.1) is 0 Å². The van der Waals surface area contributed by atoms with Gasteiger partial charge in [0.1, 0.15) is 5.52 Å². The second-order valence-corrected chi connectivity index (χ2v) is 15.9. The summed E-state index contributed by atoms with van der Waals surface area (Å²) in [5, 5.41) is 2.59. The van der Waals surface area contributed by atoms with Gasteiger partial charge in [-0.2, -0.15) is 0 Å². The van der Waals surface area contributed by atoms with Crippen LogP contribution in [0.15, 0.2) is 211 Å². The average Bonchev–Trinajstić information content (AvgIpc) is 3.90. The van der Waals surface area contributed by atoms with Crippen molar-refractivity contribution in [3.63, 3.8) is 0 Å². The molecule has 2 unspecified atom stereocenters. The highest BCUT2D eigenvalue weighted by molar-refractivity contribution is 8.15. The van der Waals surface area contributed by atoms with Gasteiger partial charge in [0.2, 0.25) is 0 Å². The topological polar surface area (TPSA) is 43.1 Å². The molecular formula is C53H36N4S. The number of hydrogen-bond acceptors (Lipinski definition) is 4. The minimum absolute atomic E-state index is 0.223. The highest BCUT2D eigenvalue weighted by atomic mass is 32.2. The fourth-order valence-electron chi connectivity index (χ4n) is 8.28. The summed E-state index contributed by atoms with van der Waals surface area (Å²) in [6.07, 6.45) is 8.68. The van der Waals surface area contributed by atoms with Gasteiger partial charge in [0.05, 0.1) is 33.1 Å². The molecule has 11 rings (SSSR count). The Hall–Kier alpha value is -7.08. The van der Waals surface area contributed by atoms with Crippen molar-refractivity contribution >= 4 is 38.7 Å². The molecular weight excluding hydrogens is 725 g/mol. The molecule has 0 N–H and O–H groups in total. The maximum atomic E-state index is 5.36.